The number of ether oxygens (including phenoxy) is 12. The van der Waals surface area contributed by atoms with Crippen molar-refractivity contribution < 1.29 is 56.8 Å². The zero-order valence-corrected chi connectivity index (χ0v) is 28.4. The summed E-state index contributed by atoms with van der Waals surface area (Å²) in [5, 5.41) is 0. The number of para-hydroxylation sites is 2. The van der Waals surface area contributed by atoms with Crippen LogP contribution in [0.2, 0.25) is 0 Å². The lowest BCUT2D eigenvalue weighted by atomic mass is 10.2. The molecule has 2 aromatic rings. The van der Waals surface area contributed by atoms with E-state index in [-0.39, 0.29) is 0 Å². The van der Waals surface area contributed by atoms with E-state index < -0.39 is 0 Å². The van der Waals surface area contributed by atoms with E-state index in [0.717, 1.165) is 5.56 Å². The molecule has 48 heavy (non-hydrogen) atoms. The lowest BCUT2D eigenvalue weighted by molar-refractivity contribution is -0.0279. The Morgan fingerprint density at radius 1 is 0.312 bits per heavy atom. The standard InChI is InChI=1S/C35H57NO12/c36-34-8-4-5-9-35(34)48-31-30-46-27-26-44-23-22-42-19-18-40-15-14-38-11-10-37-12-13-39-16-17-41-20-21-43-24-25-45-28-29-47-32-33-6-2-1-3-7-33/h1-9H,10-32,36H2. The first-order chi connectivity index (χ1) is 23.9. The van der Waals surface area contributed by atoms with Crippen LogP contribution in [0.4, 0.5) is 5.69 Å². The van der Waals surface area contributed by atoms with Gasteiger partial charge in [0.25, 0.3) is 0 Å². The quantitative estimate of drug-likeness (QED) is 0.0833. The second-order valence-corrected chi connectivity index (χ2v) is 10.0. The molecule has 0 radical (unpaired) electrons. The zero-order chi connectivity index (χ0) is 33.8. The molecule has 0 amide bonds. The maximum Gasteiger partial charge on any atom is 0.142 e. The van der Waals surface area contributed by atoms with Gasteiger partial charge in [-0.05, 0) is 17.7 Å². The highest BCUT2D eigenvalue weighted by atomic mass is 16.6. The lowest BCUT2D eigenvalue weighted by Gasteiger charge is -2.10. The maximum absolute atomic E-state index is 5.82. The first-order valence-electron chi connectivity index (χ1n) is 16.7. The van der Waals surface area contributed by atoms with Crippen LogP contribution in [-0.2, 0) is 58.7 Å². The third-order valence-corrected chi connectivity index (χ3v) is 6.24. The van der Waals surface area contributed by atoms with Crippen LogP contribution in [0.25, 0.3) is 0 Å². The van der Waals surface area contributed by atoms with Crippen molar-refractivity contribution in [2.24, 2.45) is 0 Å². The van der Waals surface area contributed by atoms with Crippen LogP contribution in [0, 0.1) is 0 Å². The van der Waals surface area contributed by atoms with Gasteiger partial charge in [-0.15, -0.1) is 0 Å². The molecule has 2 N–H and O–H groups in total. The molecule has 0 heterocycles. The fourth-order valence-corrected chi connectivity index (χ4v) is 3.79. The summed E-state index contributed by atoms with van der Waals surface area (Å²) in [6, 6.07) is 17.5. The first kappa shape index (κ1) is 41.8. The summed E-state index contributed by atoms with van der Waals surface area (Å²) in [6.07, 6.45) is 0. The number of hydrogen-bond donors (Lipinski definition) is 1. The number of benzene rings is 2. The third-order valence-electron chi connectivity index (χ3n) is 6.24. The number of rotatable bonds is 36. The van der Waals surface area contributed by atoms with Crippen LogP contribution in [0.15, 0.2) is 54.6 Å². The molecule has 0 aliphatic rings. The molecular formula is C35H57NO12. The van der Waals surface area contributed by atoms with Gasteiger partial charge in [0.1, 0.15) is 12.4 Å². The van der Waals surface area contributed by atoms with Gasteiger partial charge in [-0.3, -0.25) is 0 Å². The van der Waals surface area contributed by atoms with Crippen molar-refractivity contribution in [2.75, 3.05) is 151 Å². The summed E-state index contributed by atoms with van der Waals surface area (Å²) in [6.45, 7) is 11.8. The van der Waals surface area contributed by atoms with Gasteiger partial charge in [-0.1, -0.05) is 42.5 Å². The minimum atomic E-state index is 0.438. The van der Waals surface area contributed by atoms with E-state index in [4.69, 9.17) is 62.6 Å². The molecule has 2 rings (SSSR count). The van der Waals surface area contributed by atoms with E-state index in [0.29, 0.717) is 163 Å². The van der Waals surface area contributed by atoms with Crippen LogP contribution in [0.1, 0.15) is 5.56 Å². The Morgan fingerprint density at radius 2 is 0.604 bits per heavy atom. The van der Waals surface area contributed by atoms with Gasteiger partial charge in [0.2, 0.25) is 0 Å². The molecule has 0 saturated carbocycles. The van der Waals surface area contributed by atoms with Gasteiger partial charge in [0.05, 0.1) is 151 Å². The van der Waals surface area contributed by atoms with Gasteiger partial charge in [-0.25, -0.2) is 0 Å². The topological polar surface area (TPSA) is 137 Å². The highest BCUT2D eigenvalue weighted by Gasteiger charge is 1.99. The summed E-state index contributed by atoms with van der Waals surface area (Å²) in [5.74, 6) is 0.668. The monoisotopic (exact) mass is 683 g/mol. The molecule has 0 aromatic heterocycles. The predicted octanol–water partition coefficient (Wildman–Crippen LogP) is 3.03. The summed E-state index contributed by atoms with van der Waals surface area (Å²) in [4.78, 5) is 0. The van der Waals surface area contributed by atoms with Crippen molar-refractivity contribution >= 4 is 5.69 Å². The van der Waals surface area contributed by atoms with Gasteiger partial charge < -0.3 is 62.6 Å². The average Bonchev–Trinajstić information content (AvgIpc) is 3.11. The van der Waals surface area contributed by atoms with Crippen molar-refractivity contribution in [2.45, 2.75) is 6.61 Å². The molecule has 0 spiro atoms. The second-order valence-electron chi connectivity index (χ2n) is 10.0. The molecule has 13 nitrogen and oxygen atoms in total. The minimum absolute atomic E-state index is 0.438. The van der Waals surface area contributed by atoms with E-state index in [1.807, 2.05) is 48.5 Å². The molecule has 0 bridgehead atoms. The molecule has 2 aromatic carbocycles. The van der Waals surface area contributed by atoms with E-state index in [2.05, 4.69) is 0 Å². The second kappa shape index (κ2) is 33.1. The van der Waals surface area contributed by atoms with E-state index in [1.165, 1.54) is 0 Å². The molecule has 13 heteroatoms. The van der Waals surface area contributed by atoms with Crippen LogP contribution in [0.5, 0.6) is 5.75 Å². The van der Waals surface area contributed by atoms with E-state index in [9.17, 15) is 0 Å². The number of hydrogen-bond acceptors (Lipinski definition) is 13. The molecule has 274 valence electrons. The Kier molecular flexibility index (Phi) is 28.8. The van der Waals surface area contributed by atoms with Gasteiger partial charge in [0, 0.05) is 0 Å². The molecule has 0 unspecified atom stereocenters. The highest BCUT2D eigenvalue weighted by Crippen LogP contribution is 2.19. The number of nitrogens with two attached hydrogens (primary N) is 1. The van der Waals surface area contributed by atoms with Gasteiger partial charge >= 0.3 is 0 Å². The SMILES string of the molecule is Nc1ccccc1OCCOCCOCCOCCOCCOCCOCCOCCOCCOCCOCCOCc1ccccc1. The Hall–Kier alpha value is -2.40. The smallest absolute Gasteiger partial charge is 0.142 e. The van der Waals surface area contributed by atoms with E-state index >= 15 is 0 Å². The Morgan fingerprint density at radius 3 is 0.958 bits per heavy atom. The van der Waals surface area contributed by atoms with Crippen molar-refractivity contribution in [3.63, 3.8) is 0 Å². The highest BCUT2D eigenvalue weighted by molar-refractivity contribution is 5.51. The molecule has 0 atom stereocenters. The molecule has 0 fully saturated rings. The Labute approximate surface area is 286 Å². The summed E-state index contributed by atoms with van der Waals surface area (Å²) in [5.41, 5.74) is 7.60. The molecule has 0 aliphatic heterocycles. The number of nitrogen functional groups attached to an aromatic ring is 1. The molecular weight excluding hydrogens is 626 g/mol. The van der Waals surface area contributed by atoms with Gasteiger partial charge in [0.15, 0.2) is 0 Å². The summed E-state index contributed by atoms with van der Waals surface area (Å²) >= 11 is 0. The zero-order valence-electron chi connectivity index (χ0n) is 28.4. The fourth-order valence-electron chi connectivity index (χ4n) is 3.79. The molecule has 0 aliphatic carbocycles. The summed E-state index contributed by atoms with van der Waals surface area (Å²) < 4.78 is 66.0. The Balaban J connectivity index is 1.14. The van der Waals surface area contributed by atoms with Crippen LogP contribution >= 0.6 is 0 Å². The van der Waals surface area contributed by atoms with Crippen molar-refractivity contribution in [1.29, 1.82) is 0 Å². The number of anilines is 1. The first-order valence-corrected chi connectivity index (χ1v) is 16.7. The van der Waals surface area contributed by atoms with Crippen LogP contribution in [0.3, 0.4) is 0 Å². The van der Waals surface area contributed by atoms with Crippen molar-refractivity contribution in [3.8, 4) is 5.75 Å². The van der Waals surface area contributed by atoms with Crippen LogP contribution in [-0.4, -0.2) is 145 Å². The largest absolute Gasteiger partial charge is 0.489 e. The summed E-state index contributed by atoms with van der Waals surface area (Å²) in [7, 11) is 0. The maximum atomic E-state index is 5.82. The molecule has 0 saturated heterocycles. The van der Waals surface area contributed by atoms with Gasteiger partial charge in [-0.2, -0.15) is 0 Å². The normalized spacial score (nSPS) is 11.3. The van der Waals surface area contributed by atoms with Crippen molar-refractivity contribution in [3.05, 3.63) is 60.2 Å². The average molecular weight is 684 g/mol. The predicted molar refractivity (Wildman–Crippen MR) is 181 cm³/mol. The van der Waals surface area contributed by atoms with Crippen LogP contribution < -0.4 is 10.5 Å². The minimum Gasteiger partial charge on any atom is -0.489 e. The van der Waals surface area contributed by atoms with Crippen molar-refractivity contribution in [1.82, 2.24) is 0 Å². The Bertz CT molecular complexity index is 943. The van der Waals surface area contributed by atoms with E-state index in [1.54, 1.807) is 6.07 Å². The third kappa shape index (κ3) is 26.5. The fraction of sp³-hybridized carbons (Fsp3) is 0.657. The lowest BCUT2D eigenvalue weighted by Crippen LogP contribution is -2.15.